The van der Waals surface area contributed by atoms with Gasteiger partial charge in [0.05, 0.1) is 0 Å². The molecule has 0 aromatic carbocycles. The largest absolute Gasteiger partial charge is 0.341 e. The second-order valence-electron chi connectivity index (χ2n) is 4.41. The molecule has 1 aliphatic rings. The molecule has 88 valence electrons. The van der Waals surface area contributed by atoms with E-state index in [4.69, 9.17) is 0 Å². The lowest BCUT2D eigenvalue weighted by atomic mass is 10.0. The van der Waals surface area contributed by atoms with Crippen molar-refractivity contribution >= 4 is 21.9 Å². The Kier molecular flexibility index (Phi) is 4.16. The van der Waals surface area contributed by atoms with Crippen LogP contribution in [0.4, 0.5) is 5.95 Å². The number of alkyl halides is 1. The minimum absolute atomic E-state index is 0.825. The maximum atomic E-state index is 4.41. The van der Waals surface area contributed by atoms with Crippen LogP contribution in [-0.4, -0.2) is 23.1 Å². The minimum Gasteiger partial charge on any atom is -0.341 e. The molecule has 0 amide bonds. The van der Waals surface area contributed by atoms with Crippen LogP contribution in [0.5, 0.6) is 0 Å². The van der Waals surface area contributed by atoms with Crippen molar-refractivity contribution in [3.05, 3.63) is 18.0 Å². The molecule has 1 unspecified atom stereocenters. The van der Waals surface area contributed by atoms with Gasteiger partial charge in [-0.3, -0.25) is 0 Å². The van der Waals surface area contributed by atoms with Crippen LogP contribution in [0.15, 0.2) is 12.4 Å². The van der Waals surface area contributed by atoms with E-state index in [0.29, 0.717) is 0 Å². The van der Waals surface area contributed by atoms with Crippen LogP contribution in [0.1, 0.15) is 31.7 Å². The molecule has 0 saturated carbocycles. The molecule has 0 spiro atoms. The lowest BCUT2D eigenvalue weighted by molar-refractivity contribution is 0.529. The van der Waals surface area contributed by atoms with E-state index in [2.05, 4.69) is 37.7 Å². The Balaban J connectivity index is 1.97. The van der Waals surface area contributed by atoms with E-state index in [-0.39, 0.29) is 0 Å². The van der Waals surface area contributed by atoms with Gasteiger partial charge in [-0.1, -0.05) is 29.3 Å². The Morgan fingerprint density at radius 2 is 2.19 bits per heavy atom. The fraction of sp³-hybridized carbons (Fsp3) is 0.667. The second kappa shape index (κ2) is 5.62. The van der Waals surface area contributed by atoms with Crippen LogP contribution >= 0.6 is 15.9 Å². The van der Waals surface area contributed by atoms with Gasteiger partial charge in [-0.05, 0) is 24.3 Å². The molecule has 4 heteroatoms. The van der Waals surface area contributed by atoms with Crippen molar-refractivity contribution in [3.8, 4) is 0 Å². The topological polar surface area (TPSA) is 29.0 Å². The zero-order chi connectivity index (χ0) is 11.4. The van der Waals surface area contributed by atoms with Gasteiger partial charge in [0.1, 0.15) is 0 Å². The number of nitrogens with zero attached hydrogens (tertiary/aromatic N) is 3. The number of aromatic nitrogens is 2. The van der Waals surface area contributed by atoms with Crippen molar-refractivity contribution in [2.24, 2.45) is 5.92 Å². The van der Waals surface area contributed by atoms with Crippen LogP contribution in [0, 0.1) is 5.92 Å². The van der Waals surface area contributed by atoms with Crippen molar-refractivity contribution in [2.45, 2.75) is 31.5 Å². The predicted molar refractivity (Wildman–Crippen MR) is 69.9 cm³/mol. The van der Waals surface area contributed by atoms with Gasteiger partial charge in [-0.2, -0.15) is 0 Å². The second-order valence-corrected chi connectivity index (χ2v) is 4.98. The molecule has 0 N–H and O–H groups in total. The summed E-state index contributed by atoms with van der Waals surface area (Å²) in [5.74, 6) is 1.73. The molecule has 1 fully saturated rings. The summed E-state index contributed by atoms with van der Waals surface area (Å²) in [7, 11) is 0. The van der Waals surface area contributed by atoms with Crippen LogP contribution in [0.2, 0.25) is 0 Å². The van der Waals surface area contributed by atoms with Gasteiger partial charge in [-0.15, -0.1) is 0 Å². The highest BCUT2D eigenvalue weighted by Crippen LogP contribution is 2.23. The monoisotopic (exact) mass is 283 g/mol. The first-order valence-corrected chi connectivity index (χ1v) is 7.07. The van der Waals surface area contributed by atoms with E-state index < -0.39 is 0 Å². The van der Waals surface area contributed by atoms with Gasteiger partial charge in [0.15, 0.2) is 0 Å². The van der Waals surface area contributed by atoms with Crippen LogP contribution in [-0.2, 0) is 5.33 Å². The third-order valence-corrected chi connectivity index (χ3v) is 3.76. The Hall–Kier alpha value is -0.640. The Morgan fingerprint density at radius 3 is 2.81 bits per heavy atom. The maximum absolute atomic E-state index is 4.41. The van der Waals surface area contributed by atoms with E-state index in [0.717, 1.165) is 35.8 Å². The summed E-state index contributed by atoms with van der Waals surface area (Å²) in [5.41, 5.74) is 1.13. The number of rotatable bonds is 4. The summed E-state index contributed by atoms with van der Waals surface area (Å²) in [4.78, 5) is 11.1. The molecule has 1 aromatic rings. The van der Waals surface area contributed by atoms with Gasteiger partial charge in [0, 0.05) is 30.8 Å². The molecule has 16 heavy (non-hydrogen) atoms. The molecule has 2 rings (SSSR count). The first kappa shape index (κ1) is 11.8. The fourth-order valence-electron chi connectivity index (χ4n) is 2.24. The SMILES string of the molecule is CCCC1CCN(c2ncc(CBr)cn2)C1. The van der Waals surface area contributed by atoms with Crippen molar-refractivity contribution in [1.82, 2.24) is 9.97 Å². The number of hydrogen-bond donors (Lipinski definition) is 0. The summed E-state index contributed by atoms with van der Waals surface area (Å²) in [6.45, 7) is 4.49. The molecule has 1 saturated heterocycles. The Bertz CT molecular complexity index is 326. The fourth-order valence-corrected chi connectivity index (χ4v) is 2.53. The Labute approximate surface area is 105 Å². The van der Waals surface area contributed by atoms with Crippen molar-refractivity contribution in [1.29, 1.82) is 0 Å². The maximum Gasteiger partial charge on any atom is 0.225 e. The third-order valence-electron chi connectivity index (χ3n) is 3.11. The van der Waals surface area contributed by atoms with E-state index in [1.54, 1.807) is 0 Å². The third kappa shape index (κ3) is 2.73. The van der Waals surface area contributed by atoms with Gasteiger partial charge in [0.2, 0.25) is 5.95 Å². The van der Waals surface area contributed by atoms with E-state index in [1.165, 1.54) is 19.3 Å². The molecule has 0 aliphatic carbocycles. The molecule has 0 bridgehead atoms. The van der Waals surface area contributed by atoms with Gasteiger partial charge < -0.3 is 4.90 Å². The average Bonchev–Trinajstić information content (AvgIpc) is 2.78. The zero-order valence-corrected chi connectivity index (χ0v) is 11.3. The summed E-state index contributed by atoms with van der Waals surface area (Å²) in [6.07, 6.45) is 7.71. The quantitative estimate of drug-likeness (QED) is 0.796. The number of hydrogen-bond acceptors (Lipinski definition) is 3. The lowest BCUT2D eigenvalue weighted by Crippen LogP contribution is -2.22. The highest BCUT2D eigenvalue weighted by atomic mass is 79.9. The highest BCUT2D eigenvalue weighted by Gasteiger charge is 2.23. The van der Waals surface area contributed by atoms with Crippen LogP contribution in [0.3, 0.4) is 0 Å². The van der Waals surface area contributed by atoms with Crippen molar-refractivity contribution in [3.63, 3.8) is 0 Å². The van der Waals surface area contributed by atoms with Gasteiger partial charge in [-0.25, -0.2) is 9.97 Å². The zero-order valence-electron chi connectivity index (χ0n) is 9.69. The first-order chi connectivity index (χ1) is 7.83. The predicted octanol–water partition coefficient (Wildman–Crippen LogP) is 3.00. The molecule has 0 radical (unpaired) electrons. The first-order valence-electron chi connectivity index (χ1n) is 5.95. The van der Waals surface area contributed by atoms with Crippen LogP contribution < -0.4 is 4.90 Å². The molecule has 2 heterocycles. The standard InChI is InChI=1S/C12H18BrN3/c1-2-3-10-4-5-16(9-10)12-14-7-11(6-13)8-15-12/h7-8,10H,2-6,9H2,1H3. The smallest absolute Gasteiger partial charge is 0.225 e. The Morgan fingerprint density at radius 1 is 1.44 bits per heavy atom. The molecular weight excluding hydrogens is 266 g/mol. The number of anilines is 1. The van der Waals surface area contributed by atoms with Crippen molar-refractivity contribution in [2.75, 3.05) is 18.0 Å². The van der Waals surface area contributed by atoms with E-state index in [9.17, 15) is 0 Å². The molecule has 3 nitrogen and oxygen atoms in total. The summed E-state index contributed by atoms with van der Waals surface area (Å²) < 4.78 is 0. The molecule has 1 aliphatic heterocycles. The van der Waals surface area contributed by atoms with Crippen LogP contribution in [0.25, 0.3) is 0 Å². The van der Waals surface area contributed by atoms with Crippen molar-refractivity contribution < 1.29 is 0 Å². The molecule has 1 aromatic heterocycles. The molecular formula is C12H18BrN3. The lowest BCUT2D eigenvalue weighted by Gasteiger charge is -2.15. The summed E-state index contributed by atoms with van der Waals surface area (Å²) in [6, 6.07) is 0. The van der Waals surface area contributed by atoms with Gasteiger partial charge >= 0.3 is 0 Å². The normalized spacial score (nSPS) is 20.4. The summed E-state index contributed by atoms with van der Waals surface area (Å²) >= 11 is 3.40. The average molecular weight is 284 g/mol. The number of halogens is 1. The van der Waals surface area contributed by atoms with E-state index in [1.807, 2.05) is 12.4 Å². The van der Waals surface area contributed by atoms with E-state index >= 15 is 0 Å². The molecule has 1 atom stereocenters. The van der Waals surface area contributed by atoms with Gasteiger partial charge in [0.25, 0.3) is 0 Å². The minimum atomic E-state index is 0.825. The highest BCUT2D eigenvalue weighted by molar-refractivity contribution is 9.08. The summed E-state index contributed by atoms with van der Waals surface area (Å²) in [5, 5.41) is 0.825.